The second-order valence-corrected chi connectivity index (χ2v) is 5.47. The van der Waals surface area contributed by atoms with E-state index in [-0.39, 0.29) is 12.1 Å². The normalized spacial score (nSPS) is 33.4. The van der Waals surface area contributed by atoms with Crippen LogP contribution in [0.15, 0.2) is 0 Å². The second kappa shape index (κ2) is 5.36. The SMILES string of the molecule is COC(=O)C1(N)CCCC(OCCC2CC2)C1. The van der Waals surface area contributed by atoms with Crippen LogP contribution in [0, 0.1) is 5.92 Å². The third-order valence-electron chi connectivity index (χ3n) is 3.91. The van der Waals surface area contributed by atoms with Crippen molar-refractivity contribution in [3.63, 3.8) is 0 Å². The van der Waals surface area contributed by atoms with Gasteiger partial charge in [0.2, 0.25) is 0 Å². The Hall–Kier alpha value is -0.610. The lowest BCUT2D eigenvalue weighted by atomic mass is 9.81. The van der Waals surface area contributed by atoms with Crippen LogP contribution < -0.4 is 5.73 Å². The Bertz CT molecular complexity index is 278. The number of nitrogens with two attached hydrogens (primary N) is 1. The molecule has 4 heteroatoms. The summed E-state index contributed by atoms with van der Waals surface area (Å²) in [7, 11) is 1.40. The summed E-state index contributed by atoms with van der Waals surface area (Å²) in [6.07, 6.45) is 7.28. The maximum absolute atomic E-state index is 11.6. The molecule has 2 rings (SSSR count). The van der Waals surface area contributed by atoms with E-state index in [4.69, 9.17) is 15.2 Å². The summed E-state index contributed by atoms with van der Waals surface area (Å²) in [5.41, 5.74) is 5.27. The first-order valence-electron chi connectivity index (χ1n) is 6.63. The Kier molecular flexibility index (Phi) is 4.05. The minimum absolute atomic E-state index is 0.131. The van der Waals surface area contributed by atoms with E-state index in [0.717, 1.165) is 31.8 Å². The quantitative estimate of drug-likeness (QED) is 0.743. The molecule has 4 nitrogen and oxygen atoms in total. The molecule has 0 radical (unpaired) electrons. The van der Waals surface area contributed by atoms with Crippen LogP contribution >= 0.6 is 0 Å². The third-order valence-corrected chi connectivity index (χ3v) is 3.91. The van der Waals surface area contributed by atoms with E-state index in [0.29, 0.717) is 12.8 Å². The summed E-state index contributed by atoms with van der Waals surface area (Å²) in [4.78, 5) is 11.6. The molecule has 2 fully saturated rings. The van der Waals surface area contributed by atoms with Gasteiger partial charge in [0.05, 0.1) is 13.2 Å². The van der Waals surface area contributed by atoms with E-state index in [2.05, 4.69) is 0 Å². The van der Waals surface area contributed by atoms with Crippen LogP contribution in [0.5, 0.6) is 0 Å². The van der Waals surface area contributed by atoms with Crippen LogP contribution in [0.2, 0.25) is 0 Å². The van der Waals surface area contributed by atoms with Crippen LogP contribution in [-0.4, -0.2) is 31.3 Å². The van der Waals surface area contributed by atoms with E-state index in [1.165, 1.54) is 20.0 Å². The minimum atomic E-state index is -0.822. The van der Waals surface area contributed by atoms with Gasteiger partial charge in [-0.2, -0.15) is 0 Å². The molecule has 17 heavy (non-hydrogen) atoms. The molecule has 2 unspecified atom stereocenters. The van der Waals surface area contributed by atoms with Crippen LogP contribution in [0.1, 0.15) is 44.9 Å². The highest BCUT2D eigenvalue weighted by Gasteiger charge is 2.40. The standard InChI is InChI=1S/C13H23NO3/c1-16-12(15)13(14)7-2-3-11(9-13)17-8-6-10-4-5-10/h10-11H,2-9,14H2,1H3. The number of hydrogen-bond donors (Lipinski definition) is 1. The Labute approximate surface area is 103 Å². The van der Waals surface area contributed by atoms with Gasteiger partial charge in [-0.15, -0.1) is 0 Å². The molecule has 0 bridgehead atoms. The topological polar surface area (TPSA) is 61.5 Å². The molecule has 0 amide bonds. The summed E-state index contributed by atoms with van der Waals surface area (Å²) < 4.78 is 10.6. The smallest absolute Gasteiger partial charge is 0.325 e. The van der Waals surface area contributed by atoms with Gasteiger partial charge >= 0.3 is 5.97 Å². The second-order valence-electron chi connectivity index (χ2n) is 5.47. The van der Waals surface area contributed by atoms with Gasteiger partial charge in [-0.05, 0) is 31.6 Å². The van der Waals surface area contributed by atoms with Crippen molar-refractivity contribution < 1.29 is 14.3 Å². The van der Waals surface area contributed by atoms with Crippen molar-refractivity contribution >= 4 is 5.97 Å². The van der Waals surface area contributed by atoms with Gasteiger partial charge < -0.3 is 15.2 Å². The Morgan fingerprint density at radius 1 is 1.41 bits per heavy atom. The summed E-state index contributed by atoms with van der Waals surface area (Å²) in [5.74, 6) is 0.592. The van der Waals surface area contributed by atoms with Crippen molar-refractivity contribution in [2.24, 2.45) is 11.7 Å². The van der Waals surface area contributed by atoms with E-state index in [1.54, 1.807) is 0 Å². The molecule has 98 valence electrons. The number of esters is 1. The molecule has 2 aliphatic rings. The lowest BCUT2D eigenvalue weighted by molar-refractivity contribution is -0.150. The van der Waals surface area contributed by atoms with Crippen LogP contribution in [0.4, 0.5) is 0 Å². The lowest BCUT2D eigenvalue weighted by Gasteiger charge is -2.35. The van der Waals surface area contributed by atoms with Crippen LogP contribution in [0.25, 0.3) is 0 Å². The summed E-state index contributed by atoms with van der Waals surface area (Å²) in [5, 5.41) is 0. The number of hydrogen-bond acceptors (Lipinski definition) is 4. The number of carbonyl (C=O) groups excluding carboxylic acids is 1. The van der Waals surface area contributed by atoms with Gasteiger partial charge in [-0.25, -0.2) is 0 Å². The van der Waals surface area contributed by atoms with Crippen molar-refractivity contribution in [3.8, 4) is 0 Å². The lowest BCUT2D eigenvalue weighted by Crippen LogP contribution is -2.53. The van der Waals surface area contributed by atoms with E-state index >= 15 is 0 Å². The van der Waals surface area contributed by atoms with Crippen molar-refractivity contribution in [1.29, 1.82) is 0 Å². The summed E-state index contributed by atoms with van der Waals surface area (Å²) >= 11 is 0. The maximum atomic E-state index is 11.6. The zero-order valence-electron chi connectivity index (χ0n) is 10.6. The van der Waals surface area contributed by atoms with Gasteiger partial charge in [0.1, 0.15) is 5.54 Å². The van der Waals surface area contributed by atoms with Gasteiger partial charge in [-0.3, -0.25) is 4.79 Å². The maximum Gasteiger partial charge on any atom is 0.325 e. The Morgan fingerprint density at radius 2 is 2.18 bits per heavy atom. The fourth-order valence-corrected chi connectivity index (χ4v) is 2.59. The molecule has 2 aliphatic carbocycles. The Balaban J connectivity index is 1.76. The molecular weight excluding hydrogens is 218 g/mol. The zero-order valence-corrected chi connectivity index (χ0v) is 10.6. The molecule has 0 aromatic rings. The molecule has 2 N–H and O–H groups in total. The zero-order chi connectivity index (χ0) is 12.3. The molecule has 0 aromatic heterocycles. The monoisotopic (exact) mass is 241 g/mol. The average Bonchev–Trinajstić information content (AvgIpc) is 3.12. The molecule has 0 heterocycles. The largest absolute Gasteiger partial charge is 0.468 e. The molecule has 0 aromatic carbocycles. The Morgan fingerprint density at radius 3 is 2.82 bits per heavy atom. The molecular formula is C13H23NO3. The number of ether oxygens (including phenoxy) is 2. The first-order valence-corrected chi connectivity index (χ1v) is 6.63. The number of methoxy groups -OCH3 is 1. The fraction of sp³-hybridized carbons (Fsp3) is 0.923. The van der Waals surface area contributed by atoms with E-state index in [9.17, 15) is 4.79 Å². The fourth-order valence-electron chi connectivity index (χ4n) is 2.59. The van der Waals surface area contributed by atoms with Crippen molar-refractivity contribution in [2.45, 2.75) is 56.6 Å². The van der Waals surface area contributed by atoms with E-state index < -0.39 is 5.54 Å². The predicted molar refractivity (Wildman–Crippen MR) is 64.5 cm³/mol. The van der Waals surface area contributed by atoms with E-state index in [1.807, 2.05) is 0 Å². The minimum Gasteiger partial charge on any atom is -0.468 e. The molecule has 0 aliphatic heterocycles. The van der Waals surface area contributed by atoms with Crippen molar-refractivity contribution in [1.82, 2.24) is 0 Å². The van der Waals surface area contributed by atoms with Gasteiger partial charge in [0.25, 0.3) is 0 Å². The highest BCUT2D eigenvalue weighted by atomic mass is 16.5. The number of rotatable bonds is 5. The third kappa shape index (κ3) is 3.42. The van der Waals surface area contributed by atoms with Crippen molar-refractivity contribution in [3.05, 3.63) is 0 Å². The first-order chi connectivity index (χ1) is 8.14. The molecule has 2 atom stereocenters. The van der Waals surface area contributed by atoms with Crippen molar-refractivity contribution in [2.75, 3.05) is 13.7 Å². The van der Waals surface area contributed by atoms with Gasteiger partial charge in [0, 0.05) is 13.0 Å². The van der Waals surface area contributed by atoms with Gasteiger partial charge in [-0.1, -0.05) is 12.8 Å². The summed E-state index contributed by atoms with van der Waals surface area (Å²) in [6.45, 7) is 0.812. The highest BCUT2D eigenvalue weighted by molar-refractivity contribution is 5.80. The van der Waals surface area contributed by atoms with Crippen LogP contribution in [0.3, 0.4) is 0 Å². The summed E-state index contributed by atoms with van der Waals surface area (Å²) in [6, 6.07) is 0. The number of carbonyl (C=O) groups is 1. The first kappa shape index (κ1) is 12.8. The molecule has 0 saturated heterocycles. The van der Waals surface area contributed by atoms with Crippen LogP contribution in [-0.2, 0) is 14.3 Å². The van der Waals surface area contributed by atoms with Gasteiger partial charge in [0.15, 0.2) is 0 Å². The predicted octanol–water partition coefficient (Wildman–Crippen LogP) is 1.62. The molecule has 0 spiro atoms. The molecule has 2 saturated carbocycles. The highest BCUT2D eigenvalue weighted by Crippen LogP contribution is 2.33. The average molecular weight is 241 g/mol.